The molecule has 0 unspecified atom stereocenters. The molecule has 0 spiro atoms. The van der Waals surface area contributed by atoms with Crippen LogP contribution in [0.25, 0.3) is 106 Å². The normalized spacial score (nSPS) is 11.9. The number of fused-ring (bicyclic) bond motifs is 10. The summed E-state index contributed by atoms with van der Waals surface area (Å²) in [6.07, 6.45) is 0. The largest absolute Gasteiger partial charge is 0.454 e. The molecule has 0 aliphatic carbocycles. The highest BCUT2D eigenvalue weighted by molar-refractivity contribution is 6.23. The van der Waals surface area contributed by atoms with Crippen LogP contribution in [0.15, 0.2) is 160 Å². The van der Waals surface area contributed by atoms with Crippen LogP contribution in [0, 0.1) is 6.92 Å². The number of aryl methyl sites for hydroxylation is 1. The highest BCUT2D eigenvalue weighted by Gasteiger charge is 2.26. The lowest BCUT2D eigenvalue weighted by Gasteiger charge is -2.15. The maximum Gasteiger partial charge on any atom is 0.165 e. The minimum absolute atomic E-state index is 0.593. The van der Waals surface area contributed by atoms with E-state index in [9.17, 15) is 0 Å². The van der Waals surface area contributed by atoms with Gasteiger partial charge in [0.15, 0.2) is 28.6 Å². The van der Waals surface area contributed by atoms with Crippen molar-refractivity contribution in [3.05, 3.63) is 157 Å². The lowest BCUT2D eigenvalue weighted by molar-refractivity contribution is 0.664. The van der Waals surface area contributed by atoms with Gasteiger partial charge in [-0.3, -0.25) is 0 Å². The molecule has 0 aliphatic heterocycles. The van der Waals surface area contributed by atoms with Crippen molar-refractivity contribution >= 4 is 65.7 Å². The van der Waals surface area contributed by atoms with Crippen molar-refractivity contribution < 1.29 is 8.83 Å². The Labute approximate surface area is 297 Å². The van der Waals surface area contributed by atoms with Gasteiger partial charge in [-0.25, -0.2) is 15.0 Å². The highest BCUT2D eigenvalue weighted by Crippen LogP contribution is 2.45. The van der Waals surface area contributed by atoms with Gasteiger partial charge in [0.05, 0.1) is 16.7 Å². The Bertz CT molecular complexity index is 3130. The number of para-hydroxylation sites is 3. The van der Waals surface area contributed by atoms with E-state index in [4.69, 9.17) is 23.8 Å². The van der Waals surface area contributed by atoms with Crippen LogP contribution in [-0.4, -0.2) is 19.5 Å². The zero-order valence-electron chi connectivity index (χ0n) is 28.0. The molecule has 0 amide bonds. The molecule has 11 rings (SSSR count). The summed E-state index contributed by atoms with van der Waals surface area (Å²) < 4.78 is 15.9. The third kappa shape index (κ3) is 4.15. The fourth-order valence-electron chi connectivity index (χ4n) is 7.87. The number of aromatic nitrogens is 4. The molecule has 244 valence electrons. The zero-order chi connectivity index (χ0) is 34.3. The van der Waals surface area contributed by atoms with E-state index in [1.165, 1.54) is 0 Å². The lowest BCUT2D eigenvalue weighted by atomic mass is 9.99. The Kier molecular flexibility index (Phi) is 6.07. The van der Waals surface area contributed by atoms with Crippen LogP contribution in [0.4, 0.5) is 0 Å². The Balaban J connectivity index is 1.27. The number of nitrogens with zero attached hydrogens (tertiary/aromatic N) is 4. The third-order valence-electron chi connectivity index (χ3n) is 10.2. The first-order valence-corrected chi connectivity index (χ1v) is 17.4. The van der Waals surface area contributed by atoms with Gasteiger partial charge in [0.2, 0.25) is 0 Å². The number of hydrogen-bond acceptors (Lipinski definition) is 5. The van der Waals surface area contributed by atoms with Crippen molar-refractivity contribution in [2.24, 2.45) is 0 Å². The second kappa shape index (κ2) is 11.0. The molecule has 0 N–H and O–H groups in total. The van der Waals surface area contributed by atoms with E-state index >= 15 is 0 Å². The van der Waals surface area contributed by atoms with Gasteiger partial charge in [-0.1, -0.05) is 121 Å². The molecule has 6 heteroatoms. The zero-order valence-corrected chi connectivity index (χ0v) is 28.0. The molecule has 52 heavy (non-hydrogen) atoms. The third-order valence-corrected chi connectivity index (χ3v) is 10.2. The van der Waals surface area contributed by atoms with Gasteiger partial charge in [-0.05, 0) is 42.8 Å². The molecule has 11 aromatic rings. The Morgan fingerprint density at radius 1 is 0.462 bits per heavy atom. The summed E-state index contributed by atoms with van der Waals surface area (Å²) in [4.78, 5) is 15.3. The van der Waals surface area contributed by atoms with Crippen molar-refractivity contribution in [1.82, 2.24) is 19.5 Å². The fraction of sp³-hybridized carbons (Fsp3) is 0.0217. The van der Waals surface area contributed by atoms with Crippen LogP contribution >= 0.6 is 0 Å². The van der Waals surface area contributed by atoms with Crippen LogP contribution in [0.3, 0.4) is 0 Å². The summed E-state index contributed by atoms with van der Waals surface area (Å²) in [5.41, 5.74) is 10.0. The molecule has 0 atom stereocenters. The van der Waals surface area contributed by atoms with Crippen LogP contribution in [-0.2, 0) is 0 Å². The predicted octanol–water partition coefficient (Wildman–Crippen LogP) is 12.1. The summed E-state index contributed by atoms with van der Waals surface area (Å²) in [6, 6.07) is 51.8. The molecule has 4 heterocycles. The average molecular weight is 669 g/mol. The molecule has 4 aromatic heterocycles. The molecule has 0 fully saturated rings. The average Bonchev–Trinajstić information content (AvgIpc) is 3.88. The van der Waals surface area contributed by atoms with E-state index in [0.29, 0.717) is 17.5 Å². The molecule has 7 aromatic carbocycles. The quantitative estimate of drug-likeness (QED) is 0.187. The summed E-state index contributed by atoms with van der Waals surface area (Å²) >= 11 is 0. The van der Waals surface area contributed by atoms with Crippen molar-refractivity contribution in [2.45, 2.75) is 6.92 Å². The van der Waals surface area contributed by atoms with Gasteiger partial charge in [-0.2, -0.15) is 0 Å². The van der Waals surface area contributed by atoms with E-state index in [-0.39, 0.29) is 0 Å². The van der Waals surface area contributed by atoms with E-state index in [1.807, 2.05) is 84.9 Å². The van der Waals surface area contributed by atoms with Crippen molar-refractivity contribution in [3.8, 4) is 39.9 Å². The number of benzene rings is 7. The monoisotopic (exact) mass is 668 g/mol. The van der Waals surface area contributed by atoms with Crippen molar-refractivity contribution in [2.75, 3.05) is 0 Å². The second-order valence-corrected chi connectivity index (χ2v) is 13.2. The highest BCUT2D eigenvalue weighted by atomic mass is 16.3. The van der Waals surface area contributed by atoms with Gasteiger partial charge >= 0.3 is 0 Å². The summed E-state index contributed by atoms with van der Waals surface area (Å²) in [6.45, 7) is 2.14. The van der Waals surface area contributed by atoms with Gasteiger partial charge < -0.3 is 13.4 Å². The predicted molar refractivity (Wildman–Crippen MR) is 210 cm³/mol. The molecule has 6 nitrogen and oxygen atoms in total. The smallest absolute Gasteiger partial charge is 0.165 e. The van der Waals surface area contributed by atoms with E-state index in [1.54, 1.807) is 0 Å². The first-order valence-electron chi connectivity index (χ1n) is 17.4. The van der Waals surface area contributed by atoms with Crippen LogP contribution in [0.2, 0.25) is 0 Å². The van der Waals surface area contributed by atoms with Crippen LogP contribution < -0.4 is 0 Å². The SMILES string of the molecule is Cc1cc(-n2c3ccccc3c3ccc4c5ccccc5oc4c32)c2oc3ccccc3c2c1-c1nc(-c2ccccc2)nc(-c2ccccc2)n1. The maximum absolute atomic E-state index is 6.90. The fourth-order valence-corrected chi connectivity index (χ4v) is 7.87. The van der Waals surface area contributed by atoms with Crippen LogP contribution in [0.1, 0.15) is 5.56 Å². The van der Waals surface area contributed by atoms with Gasteiger partial charge in [0.1, 0.15) is 11.2 Å². The van der Waals surface area contributed by atoms with Gasteiger partial charge in [-0.15, -0.1) is 0 Å². The van der Waals surface area contributed by atoms with Gasteiger partial charge in [0, 0.05) is 49.0 Å². The van der Waals surface area contributed by atoms with E-state index in [0.717, 1.165) is 93.6 Å². The second-order valence-electron chi connectivity index (χ2n) is 13.2. The number of rotatable bonds is 4. The Hall–Kier alpha value is -7.05. The number of furan rings is 2. The minimum atomic E-state index is 0.593. The van der Waals surface area contributed by atoms with E-state index in [2.05, 4.69) is 78.2 Å². The molecular weight excluding hydrogens is 641 g/mol. The summed E-state index contributed by atoms with van der Waals surface area (Å²) in [7, 11) is 0. The molecule has 0 saturated carbocycles. The topological polar surface area (TPSA) is 69.9 Å². The minimum Gasteiger partial charge on any atom is -0.454 e. The molecular formula is C46H28N4O2. The Morgan fingerprint density at radius 3 is 1.71 bits per heavy atom. The van der Waals surface area contributed by atoms with Crippen LogP contribution in [0.5, 0.6) is 0 Å². The van der Waals surface area contributed by atoms with Crippen molar-refractivity contribution in [1.29, 1.82) is 0 Å². The Morgan fingerprint density at radius 2 is 1.00 bits per heavy atom. The van der Waals surface area contributed by atoms with Crippen molar-refractivity contribution in [3.63, 3.8) is 0 Å². The molecule has 0 saturated heterocycles. The maximum atomic E-state index is 6.90. The summed E-state index contributed by atoms with van der Waals surface area (Å²) in [5.74, 6) is 1.82. The molecule has 0 bridgehead atoms. The molecule has 0 radical (unpaired) electrons. The standard InChI is InChI=1S/C46H28N4O2/c1-27-26-36(50-35-21-11-8-18-30(35)32-24-25-33-31-19-9-12-22-37(31)51-42(33)41(32)50)43-40(34-20-10-13-23-38(34)52-43)39(27)46-48-44(28-14-4-2-5-15-28)47-45(49-46)29-16-6-3-7-17-29/h2-26H,1H3. The van der Waals surface area contributed by atoms with Gasteiger partial charge in [0.25, 0.3) is 0 Å². The first-order chi connectivity index (χ1) is 25.7. The summed E-state index contributed by atoms with van der Waals surface area (Å²) in [5, 5.41) is 6.38. The molecule has 0 aliphatic rings. The van der Waals surface area contributed by atoms with E-state index < -0.39 is 0 Å². The first kappa shape index (κ1) is 28.8. The lowest BCUT2D eigenvalue weighted by Crippen LogP contribution is -2.03. The number of hydrogen-bond donors (Lipinski definition) is 0.